The van der Waals surface area contributed by atoms with E-state index >= 15 is 0 Å². The van der Waals surface area contributed by atoms with E-state index in [9.17, 15) is 9.18 Å². The second-order valence-electron chi connectivity index (χ2n) is 7.39. The third kappa shape index (κ3) is 4.23. The van der Waals surface area contributed by atoms with Gasteiger partial charge in [0.25, 0.3) is 0 Å². The van der Waals surface area contributed by atoms with E-state index in [1.165, 1.54) is 29.5 Å². The van der Waals surface area contributed by atoms with E-state index in [1.54, 1.807) is 5.51 Å². The summed E-state index contributed by atoms with van der Waals surface area (Å²) in [7, 11) is 2.25. The highest BCUT2D eigenvalue weighted by Crippen LogP contribution is 2.39. The predicted molar refractivity (Wildman–Crippen MR) is 100.0 cm³/mol. The number of carbonyl (C=O) groups excluding carboxylic acids is 1. The van der Waals surface area contributed by atoms with Gasteiger partial charge < -0.3 is 33.2 Å². The molecule has 0 spiro atoms. The Labute approximate surface area is 183 Å². The van der Waals surface area contributed by atoms with Crippen LogP contribution in [0.1, 0.15) is 19.3 Å². The Kier molecular flexibility index (Phi) is 6.00. The molecule has 1 aromatic heterocycles. The molecule has 3 aliphatic rings. The molecule has 0 aliphatic carbocycles. The van der Waals surface area contributed by atoms with Crippen LogP contribution in [-0.2, 0) is 4.74 Å². The summed E-state index contributed by atoms with van der Waals surface area (Å²) >= 11 is 7.22. The highest BCUT2D eigenvalue weighted by atomic mass is 127. The van der Waals surface area contributed by atoms with Crippen LogP contribution in [0.5, 0.6) is 0 Å². The number of piperidine rings is 3. The minimum Gasteiger partial charge on any atom is -1.00 e. The molecule has 3 aliphatic heterocycles. The summed E-state index contributed by atoms with van der Waals surface area (Å²) in [5.41, 5.74) is 1.50. The Morgan fingerprint density at radius 2 is 2.00 bits per heavy atom. The van der Waals surface area contributed by atoms with Crippen LogP contribution in [0.4, 0.5) is 15.0 Å². The van der Waals surface area contributed by atoms with E-state index < -0.39 is 11.9 Å². The van der Waals surface area contributed by atoms with Crippen LogP contribution in [0.3, 0.4) is 0 Å². The minimum absolute atomic E-state index is 0. The number of hydrogen-bond acceptors (Lipinski definition) is 4. The van der Waals surface area contributed by atoms with Gasteiger partial charge in [-0.1, -0.05) is 11.6 Å². The standard InChI is InChI=1S/C18H19ClFN3O2S.HI/c1-23-7-4-18(5-8-23,6-9-23)25-17(24)22-16-15(26-11-21-16)13-10-12(19)2-3-14(13)20;/h2-3,10-11H,4-9H2,1H3;1H. The number of rotatable bonds is 3. The van der Waals surface area contributed by atoms with Gasteiger partial charge in [0.2, 0.25) is 0 Å². The number of hydrogen-bond donors (Lipinski definition) is 1. The summed E-state index contributed by atoms with van der Waals surface area (Å²) in [6.45, 7) is 3.09. The van der Waals surface area contributed by atoms with Gasteiger partial charge in [-0.2, -0.15) is 0 Å². The lowest BCUT2D eigenvalue weighted by molar-refractivity contribution is -0.926. The molecule has 1 aromatic carbocycles. The zero-order valence-corrected chi connectivity index (χ0v) is 18.5. The number of thiazole rings is 1. The van der Waals surface area contributed by atoms with E-state index in [0.29, 0.717) is 21.3 Å². The number of amides is 1. The summed E-state index contributed by atoms with van der Waals surface area (Å²) in [5.74, 6) is -0.116. The highest BCUT2D eigenvalue weighted by Gasteiger charge is 2.49. The van der Waals surface area contributed by atoms with Gasteiger partial charge in [0.15, 0.2) is 5.82 Å². The van der Waals surface area contributed by atoms with Crippen molar-refractivity contribution in [2.24, 2.45) is 0 Å². The molecule has 0 radical (unpaired) electrons. The third-order valence-corrected chi connectivity index (χ3v) is 6.69. The van der Waals surface area contributed by atoms with Crippen LogP contribution in [0.15, 0.2) is 23.7 Å². The summed E-state index contributed by atoms with van der Waals surface area (Å²) in [4.78, 5) is 17.2. The number of benzene rings is 1. The maximum Gasteiger partial charge on any atom is 0.413 e. The zero-order chi connectivity index (χ0) is 18.4. The Balaban J connectivity index is 0.00000210. The molecule has 4 heterocycles. The quantitative estimate of drug-likeness (QED) is 0.491. The molecular weight excluding hydrogens is 504 g/mol. The monoisotopic (exact) mass is 523 g/mol. The minimum atomic E-state index is -0.530. The van der Waals surface area contributed by atoms with E-state index in [1.807, 2.05) is 0 Å². The normalized spacial score (nSPS) is 26.3. The van der Waals surface area contributed by atoms with Crippen molar-refractivity contribution in [1.29, 1.82) is 0 Å². The molecule has 0 saturated carbocycles. The summed E-state index contributed by atoms with van der Waals surface area (Å²) in [6.07, 6.45) is 2.11. The number of nitrogens with zero attached hydrogens (tertiary/aromatic N) is 2. The smallest absolute Gasteiger partial charge is 0.413 e. The molecule has 3 fully saturated rings. The number of nitrogens with one attached hydrogen (secondary N) is 1. The summed E-state index contributed by atoms with van der Waals surface area (Å²) in [5, 5.41) is 3.12. The molecule has 3 saturated heterocycles. The first-order valence-electron chi connectivity index (χ1n) is 8.61. The Bertz CT molecular complexity index is 838. The number of ether oxygens (including phenoxy) is 1. The van der Waals surface area contributed by atoms with Gasteiger partial charge in [-0.05, 0) is 18.2 Å². The lowest BCUT2D eigenvalue weighted by Gasteiger charge is -2.51. The van der Waals surface area contributed by atoms with E-state index in [-0.39, 0.29) is 29.6 Å². The predicted octanol–water partition coefficient (Wildman–Crippen LogP) is 1.54. The van der Waals surface area contributed by atoms with Crippen molar-refractivity contribution in [3.8, 4) is 10.4 Å². The Hall–Kier alpha value is -0.970. The molecule has 5 nitrogen and oxygen atoms in total. The lowest BCUT2D eigenvalue weighted by Crippen LogP contribution is -3.00. The van der Waals surface area contributed by atoms with Crippen LogP contribution in [0, 0.1) is 5.82 Å². The zero-order valence-electron chi connectivity index (χ0n) is 14.8. The van der Waals surface area contributed by atoms with Gasteiger partial charge in [-0.3, -0.25) is 5.32 Å². The van der Waals surface area contributed by atoms with E-state index in [0.717, 1.165) is 43.4 Å². The number of carbonyl (C=O) groups is 1. The largest absolute Gasteiger partial charge is 1.00 e. The van der Waals surface area contributed by atoms with Gasteiger partial charge in [-0.25, -0.2) is 14.2 Å². The molecule has 146 valence electrons. The van der Waals surface area contributed by atoms with Gasteiger partial charge in [0.05, 0.1) is 37.1 Å². The average Bonchev–Trinajstić information content (AvgIpc) is 3.06. The van der Waals surface area contributed by atoms with Crippen molar-refractivity contribution in [2.45, 2.75) is 24.9 Å². The molecule has 27 heavy (non-hydrogen) atoms. The molecule has 0 unspecified atom stereocenters. The lowest BCUT2D eigenvalue weighted by atomic mass is 9.81. The summed E-state index contributed by atoms with van der Waals surface area (Å²) in [6, 6.07) is 4.32. The molecule has 1 N–H and O–H groups in total. The van der Waals surface area contributed by atoms with Crippen LogP contribution >= 0.6 is 22.9 Å². The number of fused-ring (bicyclic) bond motifs is 3. The van der Waals surface area contributed by atoms with Crippen molar-refractivity contribution < 1.29 is 42.4 Å². The fourth-order valence-electron chi connectivity index (χ4n) is 3.80. The van der Waals surface area contributed by atoms with Crippen molar-refractivity contribution in [1.82, 2.24) is 4.98 Å². The van der Waals surface area contributed by atoms with Crippen molar-refractivity contribution in [3.63, 3.8) is 0 Å². The van der Waals surface area contributed by atoms with Crippen LogP contribution in [0.2, 0.25) is 5.02 Å². The first kappa shape index (κ1) is 20.8. The van der Waals surface area contributed by atoms with Gasteiger partial charge >= 0.3 is 6.09 Å². The highest BCUT2D eigenvalue weighted by molar-refractivity contribution is 7.13. The topological polar surface area (TPSA) is 51.2 Å². The van der Waals surface area contributed by atoms with Crippen LogP contribution in [0.25, 0.3) is 10.4 Å². The van der Waals surface area contributed by atoms with Gasteiger partial charge in [0, 0.05) is 29.8 Å². The molecule has 1 amide bonds. The third-order valence-electron chi connectivity index (χ3n) is 5.59. The number of quaternary nitrogens is 1. The molecular formula is C18H20ClFIN3O2S. The molecule has 9 heteroatoms. The maximum atomic E-state index is 14.2. The van der Waals surface area contributed by atoms with E-state index in [4.69, 9.17) is 16.3 Å². The fourth-order valence-corrected chi connectivity index (χ4v) is 4.74. The Morgan fingerprint density at radius 3 is 2.67 bits per heavy atom. The first-order chi connectivity index (χ1) is 12.4. The molecule has 2 aromatic rings. The number of aromatic nitrogens is 1. The van der Waals surface area contributed by atoms with Gasteiger partial charge in [-0.15, -0.1) is 11.3 Å². The van der Waals surface area contributed by atoms with Crippen LogP contribution in [-0.4, -0.2) is 47.8 Å². The second-order valence-corrected chi connectivity index (χ2v) is 8.68. The van der Waals surface area contributed by atoms with Crippen LogP contribution < -0.4 is 29.3 Å². The summed E-state index contributed by atoms with van der Waals surface area (Å²) < 4.78 is 21.0. The van der Waals surface area contributed by atoms with Crippen molar-refractivity contribution in [2.75, 3.05) is 32.0 Å². The molecule has 2 bridgehead atoms. The van der Waals surface area contributed by atoms with Crippen molar-refractivity contribution in [3.05, 3.63) is 34.5 Å². The number of anilines is 1. The van der Waals surface area contributed by atoms with Gasteiger partial charge in [0.1, 0.15) is 11.4 Å². The number of halogens is 3. The second kappa shape index (κ2) is 7.81. The maximum absolute atomic E-state index is 14.2. The molecule has 0 atom stereocenters. The van der Waals surface area contributed by atoms with Crippen molar-refractivity contribution >= 4 is 34.8 Å². The fraction of sp³-hybridized carbons (Fsp3) is 0.444. The SMILES string of the molecule is C[N+]12CCC(OC(=O)Nc3ncsc3-c3cc(Cl)ccc3F)(CC1)CC2.[I-]. The average molecular weight is 524 g/mol. The molecule has 5 rings (SSSR count). The van der Waals surface area contributed by atoms with E-state index in [2.05, 4.69) is 17.3 Å². The first-order valence-corrected chi connectivity index (χ1v) is 9.86. The Morgan fingerprint density at radius 1 is 1.33 bits per heavy atom.